The molecule has 1 atom stereocenters. The van der Waals surface area contributed by atoms with E-state index in [9.17, 15) is 13.6 Å². The van der Waals surface area contributed by atoms with E-state index in [1.54, 1.807) is 18.0 Å². The van der Waals surface area contributed by atoms with E-state index in [1.807, 2.05) is 34.6 Å². The highest BCUT2D eigenvalue weighted by Crippen LogP contribution is 2.18. The summed E-state index contributed by atoms with van der Waals surface area (Å²) >= 11 is 0. The lowest BCUT2D eigenvalue weighted by atomic mass is 10.0. The van der Waals surface area contributed by atoms with E-state index in [4.69, 9.17) is 0 Å². The van der Waals surface area contributed by atoms with Gasteiger partial charge in [-0.05, 0) is 45.4 Å². The van der Waals surface area contributed by atoms with Crippen LogP contribution in [0.25, 0.3) is 0 Å². The fourth-order valence-electron chi connectivity index (χ4n) is 2.37. The molecule has 0 spiro atoms. The van der Waals surface area contributed by atoms with Crippen molar-refractivity contribution >= 4 is 11.9 Å². The molecule has 1 rings (SSSR count). The summed E-state index contributed by atoms with van der Waals surface area (Å²) in [5.74, 6) is -1.32. The maximum Gasteiger partial charge on any atom is 0.240 e. The molecule has 0 aliphatic carbocycles. The molecule has 2 N–H and O–H groups in total. The predicted molar refractivity (Wildman–Crippen MR) is 101 cm³/mol. The third kappa shape index (κ3) is 7.37. The molecule has 0 saturated carbocycles. The van der Waals surface area contributed by atoms with Gasteiger partial charge in [-0.3, -0.25) is 9.79 Å². The van der Waals surface area contributed by atoms with Crippen molar-refractivity contribution in [2.24, 2.45) is 4.99 Å². The van der Waals surface area contributed by atoms with Crippen LogP contribution in [0.2, 0.25) is 0 Å². The molecule has 0 aliphatic rings. The van der Waals surface area contributed by atoms with Crippen LogP contribution in [0.15, 0.2) is 23.2 Å². The van der Waals surface area contributed by atoms with Gasteiger partial charge in [-0.25, -0.2) is 8.78 Å². The minimum atomic E-state index is -0.860. The molecule has 5 nitrogen and oxygen atoms in total. The van der Waals surface area contributed by atoms with Gasteiger partial charge < -0.3 is 15.5 Å². The molecular formula is C19H30F2N4O. The highest BCUT2D eigenvalue weighted by Gasteiger charge is 2.17. The van der Waals surface area contributed by atoms with Gasteiger partial charge in [-0.2, -0.15) is 0 Å². The molecule has 1 aromatic carbocycles. The van der Waals surface area contributed by atoms with Gasteiger partial charge in [-0.1, -0.05) is 13.0 Å². The maximum atomic E-state index is 13.4. The normalized spacial score (nSPS) is 13.3. The Morgan fingerprint density at radius 2 is 1.92 bits per heavy atom. The fraction of sp³-hybridized carbons (Fsp3) is 0.579. The fourth-order valence-corrected chi connectivity index (χ4v) is 2.37. The van der Waals surface area contributed by atoms with Crippen LogP contribution in [0.3, 0.4) is 0 Å². The van der Waals surface area contributed by atoms with Gasteiger partial charge in [0.25, 0.3) is 0 Å². The van der Waals surface area contributed by atoms with Crippen molar-refractivity contribution in [2.75, 3.05) is 26.7 Å². The van der Waals surface area contributed by atoms with E-state index in [2.05, 4.69) is 15.6 Å². The summed E-state index contributed by atoms with van der Waals surface area (Å²) in [6, 6.07) is 3.88. The highest BCUT2D eigenvalue weighted by atomic mass is 19.2. The number of carbonyl (C=O) groups excluding carboxylic acids is 1. The van der Waals surface area contributed by atoms with Crippen molar-refractivity contribution in [1.29, 1.82) is 0 Å². The van der Waals surface area contributed by atoms with Gasteiger partial charge >= 0.3 is 0 Å². The van der Waals surface area contributed by atoms with Gasteiger partial charge in [0.05, 0.1) is 6.54 Å². The van der Waals surface area contributed by atoms with Crippen molar-refractivity contribution < 1.29 is 13.6 Å². The van der Waals surface area contributed by atoms with E-state index < -0.39 is 11.6 Å². The molecule has 0 aliphatic heterocycles. The Morgan fingerprint density at radius 3 is 2.46 bits per heavy atom. The second kappa shape index (κ2) is 9.50. The molecule has 0 heterocycles. The number of benzene rings is 1. The quantitative estimate of drug-likeness (QED) is 0.600. The lowest BCUT2D eigenvalue weighted by Gasteiger charge is -2.25. The molecule has 1 amide bonds. The lowest BCUT2D eigenvalue weighted by molar-refractivity contribution is -0.122. The number of hydrogen-bond donors (Lipinski definition) is 2. The molecule has 0 fully saturated rings. The van der Waals surface area contributed by atoms with E-state index in [0.717, 1.165) is 6.07 Å². The largest absolute Gasteiger partial charge is 0.357 e. The molecular weight excluding hydrogens is 338 g/mol. The number of hydrogen-bond acceptors (Lipinski definition) is 2. The average Bonchev–Trinajstić information content (AvgIpc) is 2.51. The first-order valence-electron chi connectivity index (χ1n) is 8.79. The predicted octanol–water partition coefficient (Wildman–Crippen LogP) is 2.88. The number of nitrogens with one attached hydrogen (secondary N) is 2. The average molecular weight is 368 g/mol. The highest BCUT2D eigenvalue weighted by molar-refractivity contribution is 5.86. The summed E-state index contributed by atoms with van der Waals surface area (Å²) < 4.78 is 26.5. The van der Waals surface area contributed by atoms with Crippen molar-refractivity contribution in [3.05, 3.63) is 35.4 Å². The molecule has 0 aromatic heterocycles. The Kier molecular flexibility index (Phi) is 7.99. The van der Waals surface area contributed by atoms with Crippen LogP contribution < -0.4 is 10.6 Å². The van der Waals surface area contributed by atoms with E-state index >= 15 is 0 Å². The van der Waals surface area contributed by atoms with Gasteiger partial charge in [-0.15, -0.1) is 0 Å². The van der Waals surface area contributed by atoms with Crippen LogP contribution in [0, 0.1) is 11.6 Å². The Bertz CT molecular complexity index is 641. The van der Waals surface area contributed by atoms with Gasteiger partial charge in [0.2, 0.25) is 5.91 Å². The van der Waals surface area contributed by atoms with E-state index in [1.165, 1.54) is 6.07 Å². The third-order valence-corrected chi connectivity index (χ3v) is 3.62. The molecule has 0 radical (unpaired) electrons. The second-order valence-electron chi connectivity index (χ2n) is 7.42. The summed E-state index contributed by atoms with van der Waals surface area (Å²) in [5, 5.41) is 6.05. The van der Waals surface area contributed by atoms with Crippen LogP contribution in [0.1, 0.15) is 46.1 Å². The number of aliphatic imine (C=N–C) groups is 1. The Hall–Kier alpha value is -2.18. The molecule has 1 aromatic rings. The van der Waals surface area contributed by atoms with E-state index in [0.29, 0.717) is 24.6 Å². The van der Waals surface area contributed by atoms with Crippen molar-refractivity contribution in [3.8, 4) is 0 Å². The van der Waals surface area contributed by atoms with Crippen molar-refractivity contribution in [2.45, 2.75) is 46.1 Å². The zero-order valence-electron chi connectivity index (χ0n) is 16.5. The number of likely N-dealkylation sites (N-methyl/N-ethyl adjacent to an activating group) is 1. The van der Waals surface area contributed by atoms with Crippen LogP contribution >= 0.6 is 0 Å². The molecule has 0 saturated heterocycles. The zero-order chi connectivity index (χ0) is 19.9. The Labute approximate surface area is 154 Å². The Balaban J connectivity index is 2.77. The SMILES string of the molecule is CCNC(=NCC(C)c1ccc(F)c(F)c1)N(C)CC(=O)NC(C)(C)C. The van der Waals surface area contributed by atoms with E-state index in [-0.39, 0.29) is 23.9 Å². The minimum absolute atomic E-state index is 0.0874. The van der Waals surface area contributed by atoms with Crippen molar-refractivity contribution in [1.82, 2.24) is 15.5 Å². The van der Waals surface area contributed by atoms with Crippen LogP contribution in [-0.4, -0.2) is 49.0 Å². The van der Waals surface area contributed by atoms with Crippen LogP contribution in [-0.2, 0) is 4.79 Å². The summed E-state index contributed by atoms with van der Waals surface area (Å²) in [6.07, 6.45) is 0. The topological polar surface area (TPSA) is 56.7 Å². The first kappa shape index (κ1) is 21.9. The number of guanidine groups is 1. The molecule has 26 heavy (non-hydrogen) atoms. The second-order valence-corrected chi connectivity index (χ2v) is 7.42. The first-order valence-corrected chi connectivity index (χ1v) is 8.79. The standard InChI is InChI=1S/C19H30F2N4O/c1-7-22-18(25(6)12-17(26)24-19(3,4)5)23-11-13(2)14-8-9-15(20)16(21)10-14/h8-10,13H,7,11-12H2,1-6H3,(H,22,23)(H,24,26). The van der Waals surface area contributed by atoms with Gasteiger partial charge in [0.1, 0.15) is 0 Å². The number of carbonyl (C=O) groups is 1. The number of halogens is 2. The minimum Gasteiger partial charge on any atom is -0.357 e. The van der Waals surface area contributed by atoms with Crippen molar-refractivity contribution in [3.63, 3.8) is 0 Å². The molecule has 0 bridgehead atoms. The summed E-state index contributed by atoms with van der Waals surface area (Å²) in [7, 11) is 1.78. The summed E-state index contributed by atoms with van der Waals surface area (Å²) in [5.41, 5.74) is 0.380. The lowest BCUT2D eigenvalue weighted by Crippen LogP contribution is -2.48. The smallest absolute Gasteiger partial charge is 0.240 e. The number of amides is 1. The molecule has 1 unspecified atom stereocenters. The monoisotopic (exact) mass is 368 g/mol. The number of nitrogens with zero attached hydrogens (tertiary/aromatic N) is 2. The van der Waals surface area contributed by atoms with Gasteiger partial charge in [0, 0.05) is 31.6 Å². The Morgan fingerprint density at radius 1 is 1.27 bits per heavy atom. The molecule has 7 heteroatoms. The zero-order valence-corrected chi connectivity index (χ0v) is 16.5. The number of rotatable bonds is 6. The molecule has 146 valence electrons. The van der Waals surface area contributed by atoms with Gasteiger partial charge in [0.15, 0.2) is 17.6 Å². The van der Waals surface area contributed by atoms with Crippen LogP contribution in [0.5, 0.6) is 0 Å². The summed E-state index contributed by atoms with van der Waals surface area (Å²) in [4.78, 5) is 18.4. The third-order valence-electron chi connectivity index (χ3n) is 3.62. The summed E-state index contributed by atoms with van der Waals surface area (Å²) in [6.45, 7) is 10.8. The van der Waals surface area contributed by atoms with Crippen LogP contribution in [0.4, 0.5) is 8.78 Å². The maximum absolute atomic E-state index is 13.4. The first-order chi connectivity index (χ1) is 12.0.